The van der Waals surface area contributed by atoms with E-state index in [9.17, 15) is 19.5 Å². The third-order valence-electron chi connectivity index (χ3n) is 6.51. The lowest BCUT2D eigenvalue weighted by Gasteiger charge is -2.31. The van der Waals surface area contributed by atoms with Gasteiger partial charge >= 0.3 is 0 Å². The first kappa shape index (κ1) is 19.4. The van der Waals surface area contributed by atoms with Crippen molar-refractivity contribution in [3.05, 3.63) is 28.3 Å². The molecule has 2 fully saturated rings. The number of carbonyl (C=O) groups excluding carboxylic acids is 3. The summed E-state index contributed by atoms with van der Waals surface area (Å²) in [6, 6.07) is 2.42. The minimum atomic E-state index is -1.42. The summed E-state index contributed by atoms with van der Waals surface area (Å²) >= 11 is 6.27. The summed E-state index contributed by atoms with van der Waals surface area (Å²) in [7, 11) is 0. The maximum Gasteiger partial charge on any atom is 0.250 e. The molecule has 2 saturated heterocycles. The number of hydrogen-bond donors (Lipinski definition) is 3. The van der Waals surface area contributed by atoms with Crippen LogP contribution in [0.15, 0.2) is 12.1 Å². The summed E-state index contributed by atoms with van der Waals surface area (Å²) in [5, 5.41) is 16.9. The molecule has 3 amide bonds. The molecule has 0 aromatic heterocycles. The summed E-state index contributed by atoms with van der Waals surface area (Å²) in [6.45, 7) is 7.11. The number of aryl methyl sites for hydroxylation is 1. The van der Waals surface area contributed by atoms with E-state index in [1.807, 2.05) is 20.8 Å². The third kappa shape index (κ3) is 2.27. The zero-order valence-electron chi connectivity index (χ0n) is 16.2. The van der Waals surface area contributed by atoms with Crippen molar-refractivity contribution in [2.75, 3.05) is 5.32 Å². The number of aliphatic hydroxyl groups is 1. The Bertz CT molecular complexity index is 902. The van der Waals surface area contributed by atoms with Crippen LogP contribution in [-0.2, 0) is 19.9 Å². The summed E-state index contributed by atoms with van der Waals surface area (Å²) in [5.41, 5.74) is 0.524. The lowest BCUT2D eigenvalue weighted by atomic mass is 9.76. The molecular weight excluding hydrogens is 382 g/mol. The molecule has 0 bridgehead atoms. The Labute approximate surface area is 168 Å². The van der Waals surface area contributed by atoms with E-state index in [2.05, 4.69) is 10.6 Å². The molecule has 3 aliphatic rings. The van der Waals surface area contributed by atoms with Gasteiger partial charge < -0.3 is 10.4 Å². The highest BCUT2D eigenvalue weighted by molar-refractivity contribution is 6.31. The van der Waals surface area contributed by atoms with Crippen LogP contribution >= 0.6 is 11.6 Å². The van der Waals surface area contributed by atoms with E-state index in [0.717, 1.165) is 5.56 Å². The van der Waals surface area contributed by atoms with E-state index in [4.69, 9.17) is 11.6 Å². The van der Waals surface area contributed by atoms with Crippen LogP contribution in [0, 0.1) is 18.8 Å². The van der Waals surface area contributed by atoms with Crippen molar-refractivity contribution in [3.63, 3.8) is 0 Å². The Hall–Kier alpha value is -1.96. The second kappa shape index (κ2) is 6.27. The first-order valence-electron chi connectivity index (χ1n) is 9.59. The third-order valence-corrected chi connectivity index (χ3v) is 6.72. The largest absolute Gasteiger partial charge is 0.392 e. The zero-order valence-corrected chi connectivity index (χ0v) is 17.0. The number of benzene rings is 1. The molecule has 0 unspecified atom stereocenters. The van der Waals surface area contributed by atoms with Crippen molar-refractivity contribution < 1.29 is 19.5 Å². The summed E-state index contributed by atoms with van der Waals surface area (Å²) in [5.74, 6) is -2.83. The number of nitrogens with one attached hydrogen (secondary N) is 2. The molecule has 7 nitrogen and oxygen atoms in total. The Morgan fingerprint density at radius 1 is 1.25 bits per heavy atom. The fraction of sp³-hybridized carbons (Fsp3) is 0.550. The highest BCUT2D eigenvalue weighted by Crippen LogP contribution is 2.54. The second-order valence-electron chi connectivity index (χ2n) is 8.13. The number of rotatable bonds is 3. The molecule has 150 valence electrons. The van der Waals surface area contributed by atoms with Gasteiger partial charge in [-0.1, -0.05) is 18.5 Å². The number of aliphatic hydroxyl groups excluding tert-OH is 1. The molecule has 0 radical (unpaired) electrons. The van der Waals surface area contributed by atoms with Gasteiger partial charge in [0.2, 0.25) is 17.7 Å². The standard InChI is InChI=1S/C20H24ClN3O4/c1-5-9(3)24-17(26)13-14(18(24)27)20(23-16(13)10(4)25)12-7-11(21)6-8(2)15(12)22-19(20)28/h6-7,9-10,13-14,16,23,25H,5H2,1-4H3,(H,22,28)/t9-,10+,13+,14+,16-,20-/m1/s1. The Morgan fingerprint density at radius 2 is 1.93 bits per heavy atom. The number of likely N-dealkylation sites (tertiary alicyclic amines) is 1. The van der Waals surface area contributed by atoms with Crippen LogP contribution in [0.3, 0.4) is 0 Å². The van der Waals surface area contributed by atoms with E-state index in [1.165, 1.54) is 4.90 Å². The summed E-state index contributed by atoms with van der Waals surface area (Å²) in [4.78, 5) is 41.1. The topological polar surface area (TPSA) is 98.7 Å². The van der Waals surface area contributed by atoms with Gasteiger partial charge in [0.25, 0.3) is 0 Å². The molecule has 3 N–H and O–H groups in total. The van der Waals surface area contributed by atoms with Crippen LogP contribution in [0.5, 0.6) is 0 Å². The molecule has 6 atom stereocenters. The molecule has 1 aromatic rings. The molecule has 0 saturated carbocycles. The van der Waals surface area contributed by atoms with Crippen molar-refractivity contribution >= 4 is 35.0 Å². The number of amides is 3. The molecule has 28 heavy (non-hydrogen) atoms. The van der Waals surface area contributed by atoms with Crippen molar-refractivity contribution in [1.29, 1.82) is 0 Å². The van der Waals surface area contributed by atoms with Crippen LogP contribution in [0.4, 0.5) is 5.69 Å². The summed E-state index contributed by atoms with van der Waals surface area (Å²) in [6.07, 6.45) is -0.303. The highest BCUT2D eigenvalue weighted by Gasteiger charge is 2.71. The van der Waals surface area contributed by atoms with Crippen LogP contribution in [-0.4, -0.2) is 45.9 Å². The second-order valence-corrected chi connectivity index (χ2v) is 8.56. The van der Waals surface area contributed by atoms with Crippen LogP contribution < -0.4 is 10.6 Å². The lowest BCUT2D eigenvalue weighted by Crippen LogP contribution is -2.55. The molecule has 1 spiro atoms. The average molecular weight is 406 g/mol. The molecule has 4 rings (SSSR count). The van der Waals surface area contributed by atoms with Crippen molar-refractivity contribution in [2.45, 2.75) is 57.8 Å². The van der Waals surface area contributed by atoms with Crippen LogP contribution in [0.25, 0.3) is 0 Å². The first-order valence-corrected chi connectivity index (χ1v) is 9.97. The van der Waals surface area contributed by atoms with Gasteiger partial charge in [-0.15, -0.1) is 0 Å². The number of nitrogens with zero attached hydrogens (tertiary/aromatic N) is 1. The number of carbonyl (C=O) groups is 3. The first-order chi connectivity index (χ1) is 13.1. The van der Waals surface area contributed by atoms with Gasteiger partial charge in [0.15, 0.2) is 0 Å². The van der Waals surface area contributed by atoms with Gasteiger partial charge in [-0.2, -0.15) is 0 Å². The predicted octanol–water partition coefficient (Wildman–Crippen LogP) is 1.55. The monoisotopic (exact) mass is 405 g/mol. The van der Waals surface area contributed by atoms with Gasteiger partial charge in [0.05, 0.1) is 17.9 Å². The van der Waals surface area contributed by atoms with Crippen molar-refractivity contribution in [1.82, 2.24) is 10.2 Å². The van der Waals surface area contributed by atoms with Crippen LogP contribution in [0.2, 0.25) is 5.02 Å². The average Bonchev–Trinajstić information content (AvgIpc) is 3.21. The summed E-state index contributed by atoms with van der Waals surface area (Å²) < 4.78 is 0. The Balaban J connectivity index is 1.94. The maximum atomic E-state index is 13.4. The fourth-order valence-corrected chi connectivity index (χ4v) is 5.29. The minimum absolute atomic E-state index is 0.276. The molecule has 3 aliphatic heterocycles. The fourth-order valence-electron chi connectivity index (χ4n) is 5.02. The van der Waals surface area contributed by atoms with Crippen LogP contribution in [0.1, 0.15) is 38.3 Å². The van der Waals surface area contributed by atoms with Gasteiger partial charge in [0, 0.05) is 28.4 Å². The van der Waals surface area contributed by atoms with Crippen molar-refractivity contribution in [2.24, 2.45) is 11.8 Å². The number of anilines is 1. The predicted molar refractivity (Wildman–Crippen MR) is 104 cm³/mol. The Kier molecular flexibility index (Phi) is 4.34. The van der Waals surface area contributed by atoms with E-state index in [0.29, 0.717) is 22.7 Å². The van der Waals surface area contributed by atoms with Gasteiger partial charge in [-0.05, 0) is 44.9 Å². The Morgan fingerprint density at radius 3 is 2.54 bits per heavy atom. The number of hydrogen-bond acceptors (Lipinski definition) is 5. The van der Waals surface area contributed by atoms with Gasteiger partial charge in [0.1, 0.15) is 5.54 Å². The van der Waals surface area contributed by atoms with Crippen molar-refractivity contribution in [3.8, 4) is 0 Å². The van der Waals surface area contributed by atoms with Gasteiger partial charge in [-0.3, -0.25) is 24.6 Å². The minimum Gasteiger partial charge on any atom is -0.392 e. The smallest absolute Gasteiger partial charge is 0.250 e. The highest BCUT2D eigenvalue weighted by atomic mass is 35.5. The molecule has 8 heteroatoms. The normalized spacial score (nSPS) is 33.3. The molecule has 0 aliphatic carbocycles. The number of fused-ring (bicyclic) bond motifs is 4. The molecule has 1 aromatic carbocycles. The van der Waals surface area contributed by atoms with E-state index < -0.39 is 35.4 Å². The molecule has 3 heterocycles. The van der Waals surface area contributed by atoms with E-state index in [1.54, 1.807) is 19.1 Å². The maximum absolute atomic E-state index is 13.4. The quantitative estimate of drug-likeness (QED) is 0.663. The number of imide groups is 1. The SMILES string of the molecule is CC[C@@H](C)N1C(=O)[C@@H]2[C@@H]([C@H](C)O)N[C@@]3(C(=O)Nc4c(C)cc(Cl)cc43)[C@@H]2C1=O. The van der Waals surface area contributed by atoms with E-state index in [-0.39, 0.29) is 17.9 Å². The number of halogens is 1. The lowest BCUT2D eigenvalue weighted by molar-refractivity contribution is -0.145. The molecular formula is C20H24ClN3O4. The van der Waals surface area contributed by atoms with E-state index >= 15 is 0 Å². The zero-order chi connectivity index (χ0) is 20.5. The van der Waals surface area contributed by atoms with Gasteiger partial charge in [-0.25, -0.2) is 0 Å².